The molecule has 5 heteroatoms. The molecular formula is C14H21NO3S. The Morgan fingerprint density at radius 2 is 2.05 bits per heavy atom. The zero-order valence-corrected chi connectivity index (χ0v) is 12.2. The Kier molecular flexibility index (Phi) is 4.28. The van der Waals surface area contributed by atoms with Gasteiger partial charge < -0.3 is 5.11 Å². The summed E-state index contributed by atoms with van der Waals surface area (Å²) in [4.78, 5) is 0.344. The highest BCUT2D eigenvalue weighted by atomic mass is 32.2. The number of aryl methyl sites for hydroxylation is 2. The number of rotatable bonds is 4. The predicted molar refractivity (Wildman–Crippen MR) is 74.5 cm³/mol. The van der Waals surface area contributed by atoms with Crippen LogP contribution in [0.25, 0.3) is 0 Å². The molecule has 1 aliphatic carbocycles. The van der Waals surface area contributed by atoms with Gasteiger partial charge in [0.25, 0.3) is 0 Å². The fraction of sp³-hybridized carbons (Fsp3) is 0.571. The number of sulfonamides is 1. The lowest BCUT2D eigenvalue weighted by Crippen LogP contribution is -2.38. The second-order valence-corrected chi connectivity index (χ2v) is 7.05. The third-order valence-corrected chi connectivity index (χ3v) is 5.47. The summed E-state index contributed by atoms with van der Waals surface area (Å²) in [6.07, 6.45) is 2.65. The molecule has 19 heavy (non-hydrogen) atoms. The van der Waals surface area contributed by atoms with Crippen molar-refractivity contribution in [3.8, 4) is 0 Å². The second kappa shape index (κ2) is 5.61. The van der Waals surface area contributed by atoms with Crippen LogP contribution in [0, 0.1) is 19.8 Å². The van der Waals surface area contributed by atoms with Crippen LogP contribution in [0.15, 0.2) is 23.1 Å². The first-order valence-corrected chi connectivity index (χ1v) is 8.13. The van der Waals surface area contributed by atoms with Gasteiger partial charge in [-0.3, -0.25) is 0 Å². The average Bonchev–Trinajstić information content (AvgIpc) is 2.78. The van der Waals surface area contributed by atoms with Crippen LogP contribution >= 0.6 is 0 Å². The average molecular weight is 283 g/mol. The molecule has 0 aliphatic heterocycles. The fourth-order valence-electron chi connectivity index (χ4n) is 2.67. The van der Waals surface area contributed by atoms with Crippen molar-refractivity contribution in [3.63, 3.8) is 0 Å². The van der Waals surface area contributed by atoms with Crippen LogP contribution in [0.4, 0.5) is 0 Å². The van der Waals surface area contributed by atoms with E-state index in [4.69, 9.17) is 0 Å². The Morgan fingerprint density at radius 1 is 1.32 bits per heavy atom. The molecule has 1 aliphatic rings. The molecule has 0 radical (unpaired) electrons. The van der Waals surface area contributed by atoms with Gasteiger partial charge >= 0.3 is 0 Å². The van der Waals surface area contributed by atoms with Crippen LogP contribution in [0.2, 0.25) is 0 Å². The molecule has 1 fully saturated rings. The van der Waals surface area contributed by atoms with Crippen molar-refractivity contribution in [1.82, 2.24) is 4.72 Å². The highest BCUT2D eigenvalue weighted by Crippen LogP contribution is 2.27. The van der Waals surface area contributed by atoms with Gasteiger partial charge in [0.05, 0.1) is 4.90 Å². The first-order chi connectivity index (χ1) is 8.94. The number of aliphatic hydroxyl groups is 1. The van der Waals surface area contributed by atoms with Crippen molar-refractivity contribution in [2.24, 2.45) is 5.92 Å². The highest BCUT2D eigenvalue weighted by molar-refractivity contribution is 7.89. The summed E-state index contributed by atoms with van der Waals surface area (Å²) in [7, 11) is -3.50. The SMILES string of the molecule is Cc1ccc(C)c(S(=O)(=O)NC2CCCC2CO)c1. The molecule has 1 aromatic rings. The van der Waals surface area contributed by atoms with Crippen molar-refractivity contribution >= 4 is 10.0 Å². The Hall–Kier alpha value is -0.910. The van der Waals surface area contributed by atoms with Crippen LogP contribution in [0.5, 0.6) is 0 Å². The van der Waals surface area contributed by atoms with Gasteiger partial charge in [-0.05, 0) is 49.8 Å². The molecule has 1 aromatic carbocycles. The molecule has 2 unspecified atom stereocenters. The van der Waals surface area contributed by atoms with Crippen LogP contribution in [0.3, 0.4) is 0 Å². The van der Waals surface area contributed by atoms with E-state index in [2.05, 4.69) is 4.72 Å². The van der Waals surface area contributed by atoms with E-state index in [1.54, 1.807) is 13.0 Å². The standard InChI is InChI=1S/C14H21NO3S/c1-10-6-7-11(2)14(8-10)19(17,18)15-13-5-3-4-12(13)9-16/h6-8,12-13,15-16H,3-5,9H2,1-2H3. The summed E-state index contributed by atoms with van der Waals surface area (Å²) in [5, 5.41) is 9.27. The van der Waals surface area contributed by atoms with Gasteiger partial charge in [0.1, 0.15) is 0 Å². The molecule has 2 atom stereocenters. The van der Waals surface area contributed by atoms with Crippen LogP contribution < -0.4 is 4.72 Å². The highest BCUT2D eigenvalue weighted by Gasteiger charge is 2.31. The molecule has 0 aromatic heterocycles. The van der Waals surface area contributed by atoms with E-state index in [0.29, 0.717) is 4.90 Å². The minimum atomic E-state index is -3.50. The molecule has 0 saturated heterocycles. The topological polar surface area (TPSA) is 66.4 Å². The summed E-state index contributed by atoms with van der Waals surface area (Å²) in [6, 6.07) is 5.28. The van der Waals surface area contributed by atoms with Gasteiger partial charge in [0.15, 0.2) is 0 Å². The van der Waals surface area contributed by atoms with Crippen molar-refractivity contribution in [2.75, 3.05) is 6.61 Å². The minimum absolute atomic E-state index is 0.0416. The van der Waals surface area contributed by atoms with Crippen LogP contribution in [-0.4, -0.2) is 26.2 Å². The normalized spacial score (nSPS) is 23.7. The maximum atomic E-state index is 12.4. The zero-order chi connectivity index (χ0) is 14.0. The lowest BCUT2D eigenvalue weighted by molar-refractivity contribution is 0.213. The summed E-state index contributed by atoms with van der Waals surface area (Å²) in [6.45, 7) is 3.72. The monoisotopic (exact) mass is 283 g/mol. The largest absolute Gasteiger partial charge is 0.396 e. The van der Waals surface area contributed by atoms with Gasteiger partial charge in [-0.25, -0.2) is 13.1 Å². The molecule has 0 spiro atoms. The maximum absolute atomic E-state index is 12.4. The third-order valence-electron chi connectivity index (χ3n) is 3.83. The molecule has 4 nitrogen and oxygen atoms in total. The number of benzene rings is 1. The summed E-state index contributed by atoms with van der Waals surface area (Å²) >= 11 is 0. The van der Waals surface area contributed by atoms with Gasteiger partial charge in [0, 0.05) is 12.6 Å². The van der Waals surface area contributed by atoms with E-state index >= 15 is 0 Å². The molecule has 0 amide bonds. The smallest absolute Gasteiger partial charge is 0.241 e. The van der Waals surface area contributed by atoms with Gasteiger partial charge in [0.2, 0.25) is 10.0 Å². The molecular weight excluding hydrogens is 262 g/mol. The molecule has 1 saturated carbocycles. The van der Waals surface area contributed by atoms with E-state index in [9.17, 15) is 13.5 Å². The molecule has 2 N–H and O–H groups in total. The number of hydrogen-bond acceptors (Lipinski definition) is 3. The zero-order valence-electron chi connectivity index (χ0n) is 11.4. The molecule has 0 bridgehead atoms. The quantitative estimate of drug-likeness (QED) is 0.884. The lowest BCUT2D eigenvalue weighted by Gasteiger charge is -2.20. The summed E-state index contributed by atoms with van der Waals surface area (Å²) < 4.78 is 27.6. The first-order valence-electron chi connectivity index (χ1n) is 6.64. The number of nitrogens with one attached hydrogen (secondary N) is 1. The van der Waals surface area contributed by atoms with E-state index in [1.165, 1.54) is 0 Å². The van der Waals surface area contributed by atoms with Gasteiger partial charge in [-0.1, -0.05) is 18.6 Å². The Morgan fingerprint density at radius 3 is 2.74 bits per heavy atom. The first kappa shape index (κ1) is 14.5. The van der Waals surface area contributed by atoms with Crippen molar-refractivity contribution < 1.29 is 13.5 Å². The van der Waals surface area contributed by atoms with Crippen molar-refractivity contribution in [2.45, 2.75) is 44.0 Å². The molecule has 106 valence electrons. The second-order valence-electron chi connectivity index (χ2n) is 5.37. The third kappa shape index (κ3) is 3.16. The van der Waals surface area contributed by atoms with E-state index in [-0.39, 0.29) is 18.6 Å². The Labute approximate surface area is 114 Å². The van der Waals surface area contributed by atoms with Crippen LogP contribution in [0.1, 0.15) is 30.4 Å². The minimum Gasteiger partial charge on any atom is -0.396 e. The van der Waals surface area contributed by atoms with E-state index in [1.807, 2.05) is 19.1 Å². The number of hydrogen-bond donors (Lipinski definition) is 2. The van der Waals surface area contributed by atoms with E-state index < -0.39 is 10.0 Å². The lowest BCUT2D eigenvalue weighted by atomic mass is 10.1. The fourth-order valence-corrected chi connectivity index (χ4v) is 4.34. The van der Waals surface area contributed by atoms with Gasteiger partial charge in [-0.2, -0.15) is 0 Å². The molecule has 2 rings (SSSR count). The summed E-state index contributed by atoms with van der Waals surface area (Å²) in [5.74, 6) is 0.0416. The Balaban J connectivity index is 2.25. The van der Waals surface area contributed by atoms with Crippen molar-refractivity contribution in [3.05, 3.63) is 29.3 Å². The summed E-state index contributed by atoms with van der Waals surface area (Å²) in [5.41, 5.74) is 1.67. The number of aliphatic hydroxyl groups excluding tert-OH is 1. The maximum Gasteiger partial charge on any atom is 0.241 e. The Bertz CT molecular complexity index is 554. The van der Waals surface area contributed by atoms with Crippen molar-refractivity contribution in [1.29, 1.82) is 0 Å². The predicted octanol–water partition coefficient (Wildman–Crippen LogP) is 1.74. The van der Waals surface area contributed by atoms with Gasteiger partial charge in [-0.15, -0.1) is 0 Å². The van der Waals surface area contributed by atoms with Crippen LogP contribution in [-0.2, 0) is 10.0 Å². The van der Waals surface area contributed by atoms with E-state index in [0.717, 1.165) is 30.4 Å². The molecule has 0 heterocycles.